The highest BCUT2D eigenvalue weighted by Gasteiger charge is 2.28. The molecule has 0 aliphatic carbocycles. The van der Waals surface area contributed by atoms with Gasteiger partial charge in [-0.25, -0.2) is 4.79 Å². The summed E-state index contributed by atoms with van der Waals surface area (Å²) in [5.41, 5.74) is 5.43. The van der Waals surface area contributed by atoms with Crippen LogP contribution in [0.5, 0.6) is 5.88 Å². The van der Waals surface area contributed by atoms with Crippen molar-refractivity contribution in [3.63, 3.8) is 0 Å². The van der Waals surface area contributed by atoms with Crippen molar-refractivity contribution in [2.45, 2.75) is 13.1 Å². The number of hydrogen-bond donors (Lipinski definition) is 2. The summed E-state index contributed by atoms with van der Waals surface area (Å²) in [5, 5.41) is 5.90. The lowest BCUT2D eigenvalue weighted by Crippen LogP contribution is -2.33. The summed E-state index contributed by atoms with van der Waals surface area (Å²) in [5.74, 6) is -0.196. The smallest absolute Gasteiger partial charge is 0.393 e. The lowest BCUT2D eigenvalue weighted by atomic mass is 9.99. The summed E-state index contributed by atoms with van der Waals surface area (Å²) in [6, 6.07) is 33.2. The summed E-state index contributed by atoms with van der Waals surface area (Å²) in [4.78, 5) is 43.6. The lowest BCUT2D eigenvalue weighted by Gasteiger charge is -2.23. The Morgan fingerprint density at radius 3 is 2.36 bits per heavy atom. The van der Waals surface area contributed by atoms with Gasteiger partial charge in [-0.15, -0.1) is 0 Å². The summed E-state index contributed by atoms with van der Waals surface area (Å²) in [6.07, 6.45) is -0.541. The van der Waals surface area contributed by atoms with Crippen molar-refractivity contribution in [1.29, 1.82) is 0 Å². The second kappa shape index (κ2) is 13.9. The fourth-order valence-corrected chi connectivity index (χ4v) is 5.84. The van der Waals surface area contributed by atoms with Crippen LogP contribution in [0.3, 0.4) is 0 Å². The van der Waals surface area contributed by atoms with Gasteiger partial charge in [0.1, 0.15) is 0 Å². The van der Waals surface area contributed by atoms with E-state index in [2.05, 4.69) is 10.6 Å². The first kappa shape index (κ1) is 31.6. The molecule has 0 radical (unpaired) electrons. The number of carbonyl (C=O) groups is 3. The normalized spacial score (nSPS) is 12.1. The first-order valence-corrected chi connectivity index (χ1v) is 15.6. The molecule has 0 unspecified atom stereocenters. The molecule has 10 heteroatoms. The van der Waals surface area contributed by atoms with Gasteiger partial charge in [0.2, 0.25) is 5.88 Å². The molecule has 0 atom stereocenters. The SMILES string of the molecule is CN(C)CCNC(=O)Oc1ccc2n1Cc1ccccc1N(C(=O)c1ccc(NC(=O)c3ccccc3-c3ccccc3)cc1Cl)C2. The van der Waals surface area contributed by atoms with Crippen molar-refractivity contribution < 1.29 is 19.1 Å². The number of likely N-dealkylation sites (N-methyl/N-ethyl adjacent to an activating group) is 1. The molecule has 0 bridgehead atoms. The highest BCUT2D eigenvalue weighted by atomic mass is 35.5. The van der Waals surface area contributed by atoms with Gasteiger partial charge in [0.15, 0.2) is 0 Å². The van der Waals surface area contributed by atoms with Gasteiger partial charge in [-0.1, -0.05) is 78.3 Å². The number of rotatable bonds is 8. The van der Waals surface area contributed by atoms with E-state index in [1.54, 1.807) is 35.2 Å². The molecule has 4 aromatic carbocycles. The van der Waals surface area contributed by atoms with Crippen molar-refractivity contribution in [2.75, 3.05) is 37.4 Å². The molecule has 0 spiro atoms. The van der Waals surface area contributed by atoms with Gasteiger partial charge < -0.3 is 29.7 Å². The number of carbonyl (C=O) groups excluding carboxylic acids is 3. The number of anilines is 2. The third kappa shape index (κ3) is 7.06. The monoisotopic (exact) mass is 647 g/mol. The summed E-state index contributed by atoms with van der Waals surface area (Å²) in [6.45, 7) is 1.77. The van der Waals surface area contributed by atoms with Crippen molar-refractivity contribution in [3.05, 3.63) is 137 Å². The Kier molecular flexibility index (Phi) is 9.37. The number of halogens is 1. The fourth-order valence-electron chi connectivity index (χ4n) is 5.58. The Balaban J connectivity index is 1.22. The summed E-state index contributed by atoms with van der Waals surface area (Å²) < 4.78 is 7.54. The molecule has 238 valence electrons. The zero-order valence-electron chi connectivity index (χ0n) is 26.1. The summed E-state index contributed by atoms with van der Waals surface area (Å²) in [7, 11) is 3.86. The van der Waals surface area contributed by atoms with Gasteiger partial charge in [-0.2, -0.15) is 0 Å². The second-order valence-corrected chi connectivity index (χ2v) is 11.9. The van der Waals surface area contributed by atoms with Crippen LogP contribution in [0, 0.1) is 0 Å². The van der Waals surface area contributed by atoms with E-state index in [0.29, 0.717) is 42.3 Å². The minimum Gasteiger partial charge on any atom is -0.393 e. The number of ether oxygens (including phenoxy) is 1. The topological polar surface area (TPSA) is 95.9 Å². The molecule has 0 fully saturated rings. The predicted octanol–water partition coefficient (Wildman–Crippen LogP) is 6.92. The molecule has 5 aromatic rings. The van der Waals surface area contributed by atoms with Crippen molar-refractivity contribution in [2.24, 2.45) is 0 Å². The van der Waals surface area contributed by atoms with Crippen LogP contribution in [0.2, 0.25) is 5.02 Å². The molecule has 9 nitrogen and oxygen atoms in total. The third-order valence-electron chi connectivity index (χ3n) is 7.95. The Hall–Kier alpha value is -5.38. The number of para-hydroxylation sites is 1. The van der Waals surface area contributed by atoms with E-state index in [9.17, 15) is 14.4 Å². The summed E-state index contributed by atoms with van der Waals surface area (Å²) >= 11 is 6.72. The Morgan fingerprint density at radius 1 is 0.830 bits per heavy atom. The predicted molar refractivity (Wildman–Crippen MR) is 184 cm³/mol. The van der Waals surface area contributed by atoms with Crippen LogP contribution in [0.15, 0.2) is 109 Å². The molecule has 1 aliphatic heterocycles. The molecule has 2 heterocycles. The van der Waals surface area contributed by atoms with Crippen molar-refractivity contribution >= 4 is 40.9 Å². The number of aromatic nitrogens is 1. The molecule has 47 heavy (non-hydrogen) atoms. The minimum absolute atomic E-state index is 0.208. The molecular weight excluding hydrogens is 614 g/mol. The zero-order valence-corrected chi connectivity index (χ0v) is 26.8. The zero-order chi connectivity index (χ0) is 32.9. The van der Waals surface area contributed by atoms with E-state index in [0.717, 1.165) is 28.1 Å². The average Bonchev–Trinajstić information content (AvgIpc) is 3.34. The maximum absolute atomic E-state index is 14.1. The molecule has 0 saturated carbocycles. The molecule has 0 saturated heterocycles. The highest BCUT2D eigenvalue weighted by Crippen LogP contribution is 2.34. The molecule has 6 rings (SSSR count). The number of amides is 3. The first-order chi connectivity index (χ1) is 22.8. The van der Waals surface area contributed by atoms with Gasteiger partial charge in [0.25, 0.3) is 11.8 Å². The fraction of sp³-hybridized carbons (Fsp3) is 0.162. The van der Waals surface area contributed by atoms with E-state index in [-0.39, 0.29) is 23.4 Å². The lowest BCUT2D eigenvalue weighted by molar-refractivity contribution is 0.0983. The minimum atomic E-state index is -0.541. The van der Waals surface area contributed by atoms with Crippen LogP contribution in [0.4, 0.5) is 16.2 Å². The van der Waals surface area contributed by atoms with Crippen molar-refractivity contribution in [1.82, 2.24) is 14.8 Å². The number of nitrogens with one attached hydrogen (secondary N) is 2. The van der Waals surface area contributed by atoms with E-state index in [1.807, 2.05) is 102 Å². The van der Waals surface area contributed by atoms with Crippen molar-refractivity contribution in [3.8, 4) is 17.0 Å². The van der Waals surface area contributed by atoms with Crippen LogP contribution in [-0.4, -0.2) is 54.6 Å². The van der Waals surface area contributed by atoms with E-state index < -0.39 is 6.09 Å². The van der Waals surface area contributed by atoms with Crippen LogP contribution in [0.25, 0.3) is 11.1 Å². The quantitative estimate of drug-likeness (QED) is 0.191. The van der Waals surface area contributed by atoms with Crippen LogP contribution in [0.1, 0.15) is 32.0 Å². The van der Waals surface area contributed by atoms with Gasteiger partial charge >= 0.3 is 6.09 Å². The number of nitrogens with zero attached hydrogens (tertiary/aromatic N) is 3. The van der Waals surface area contributed by atoms with E-state index >= 15 is 0 Å². The number of fused-ring (bicyclic) bond motifs is 2. The molecule has 1 aromatic heterocycles. The Bertz CT molecular complexity index is 1940. The second-order valence-electron chi connectivity index (χ2n) is 11.4. The maximum atomic E-state index is 14.1. The highest BCUT2D eigenvalue weighted by molar-refractivity contribution is 6.35. The Morgan fingerprint density at radius 2 is 1.57 bits per heavy atom. The number of hydrogen-bond acceptors (Lipinski definition) is 5. The van der Waals surface area contributed by atoms with Gasteiger partial charge in [-0.05, 0) is 67.2 Å². The molecule has 2 N–H and O–H groups in total. The Labute approximate surface area is 278 Å². The molecule has 3 amide bonds. The van der Waals surface area contributed by atoms with E-state index in [4.69, 9.17) is 16.3 Å². The standard InChI is InChI=1S/C37H34ClN5O4/c1-41(2)21-20-39-37(46)47-34-19-17-28-24-43(33-15-9-6-12-26(33)23-42(28)34)36(45)31-18-16-27(22-32(31)38)40-35(44)30-14-8-7-13-29(30)25-10-4-3-5-11-25/h3-19,22H,20-21,23-24H2,1-2H3,(H,39,46)(H,40,44). The van der Waals surface area contributed by atoms with Crippen LogP contribution < -0.4 is 20.3 Å². The van der Waals surface area contributed by atoms with Gasteiger partial charge in [0, 0.05) is 41.8 Å². The van der Waals surface area contributed by atoms with E-state index in [1.165, 1.54) is 0 Å². The number of benzene rings is 4. The molecule has 1 aliphatic rings. The van der Waals surface area contributed by atoms with Gasteiger partial charge in [0.05, 0.1) is 23.7 Å². The third-order valence-corrected chi connectivity index (χ3v) is 8.26. The largest absolute Gasteiger partial charge is 0.413 e. The van der Waals surface area contributed by atoms with Crippen LogP contribution >= 0.6 is 11.6 Å². The van der Waals surface area contributed by atoms with Crippen LogP contribution in [-0.2, 0) is 13.1 Å². The first-order valence-electron chi connectivity index (χ1n) is 15.2. The average molecular weight is 648 g/mol. The van der Waals surface area contributed by atoms with Gasteiger partial charge in [-0.3, -0.25) is 9.59 Å². The molecular formula is C37H34ClN5O4. The maximum Gasteiger partial charge on any atom is 0.413 e.